The lowest BCUT2D eigenvalue weighted by molar-refractivity contribution is -0.136. The third-order valence-corrected chi connectivity index (χ3v) is 4.83. The Balaban J connectivity index is 1.87. The fraction of sp³-hybridized carbons (Fsp3) is 0.533. The Hall–Kier alpha value is -1.69. The number of allylic oxidation sites excluding steroid dienone is 1. The number of nitrogens with zero attached hydrogens (tertiary/aromatic N) is 2. The van der Waals surface area contributed by atoms with Crippen molar-refractivity contribution in [2.45, 2.75) is 32.1 Å². The largest absolute Gasteiger partial charge is 0.466 e. The van der Waals surface area contributed by atoms with E-state index in [1.807, 2.05) is 5.38 Å². The number of aliphatic imine (C=N–C) groups is 1. The van der Waals surface area contributed by atoms with Gasteiger partial charge in [-0.05, 0) is 18.8 Å². The zero-order valence-corrected chi connectivity index (χ0v) is 12.9. The standard InChI is InChI=1S/C15H19N3O2S/c1-20-15(19)11-9-17-13(14-16-7-8-21-14)18-12(11)10-5-3-2-4-6-10/h7-8,10H,2-6,9H2,1H3,(H,17,18). The number of carbonyl (C=O) groups excluding carboxylic acids is 1. The van der Waals surface area contributed by atoms with Crippen LogP contribution in [0.2, 0.25) is 0 Å². The van der Waals surface area contributed by atoms with Gasteiger partial charge in [0.1, 0.15) is 0 Å². The zero-order valence-electron chi connectivity index (χ0n) is 12.1. The number of aromatic nitrogens is 1. The molecule has 0 radical (unpaired) electrons. The van der Waals surface area contributed by atoms with Crippen LogP contribution in [0.5, 0.6) is 0 Å². The summed E-state index contributed by atoms with van der Waals surface area (Å²) in [6.45, 7) is 0.375. The number of carbonyl (C=O) groups is 1. The van der Waals surface area contributed by atoms with Crippen LogP contribution in [-0.2, 0) is 9.53 Å². The maximum absolute atomic E-state index is 12.0. The number of esters is 1. The summed E-state index contributed by atoms with van der Waals surface area (Å²) >= 11 is 1.55. The molecule has 0 saturated heterocycles. The lowest BCUT2D eigenvalue weighted by Gasteiger charge is -2.29. The van der Waals surface area contributed by atoms with Crippen molar-refractivity contribution in [3.63, 3.8) is 0 Å². The molecule has 0 bridgehead atoms. The molecule has 1 aromatic rings. The molecule has 1 aliphatic carbocycles. The molecule has 112 valence electrons. The van der Waals surface area contributed by atoms with Crippen molar-refractivity contribution in [3.8, 4) is 0 Å². The van der Waals surface area contributed by atoms with Gasteiger partial charge in [-0.2, -0.15) is 0 Å². The van der Waals surface area contributed by atoms with Crippen LogP contribution in [0.25, 0.3) is 0 Å². The third kappa shape index (κ3) is 3.00. The minimum absolute atomic E-state index is 0.273. The van der Waals surface area contributed by atoms with Gasteiger partial charge in [0.25, 0.3) is 0 Å². The summed E-state index contributed by atoms with van der Waals surface area (Å²) in [5.74, 6) is 0.904. The van der Waals surface area contributed by atoms with Crippen molar-refractivity contribution in [2.24, 2.45) is 10.9 Å². The molecule has 0 amide bonds. The van der Waals surface area contributed by atoms with E-state index in [0.29, 0.717) is 18.0 Å². The van der Waals surface area contributed by atoms with E-state index in [2.05, 4.69) is 15.3 Å². The van der Waals surface area contributed by atoms with E-state index in [-0.39, 0.29) is 5.97 Å². The van der Waals surface area contributed by atoms with Crippen LogP contribution in [0, 0.1) is 5.92 Å². The lowest BCUT2D eigenvalue weighted by atomic mass is 9.84. The summed E-state index contributed by atoms with van der Waals surface area (Å²) in [4.78, 5) is 20.8. The first kappa shape index (κ1) is 14.3. The molecule has 1 fully saturated rings. The highest BCUT2D eigenvalue weighted by molar-refractivity contribution is 7.11. The lowest BCUT2D eigenvalue weighted by Crippen LogP contribution is -2.36. The molecule has 6 heteroatoms. The van der Waals surface area contributed by atoms with Crippen LogP contribution >= 0.6 is 11.3 Å². The summed E-state index contributed by atoms with van der Waals surface area (Å²) < 4.78 is 4.92. The number of ether oxygens (including phenoxy) is 1. The van der Waals surface area contributed by atoms with Crippen molar-refractivity contribution in [1.82, 2.24) is 10.3 Å². The molecule has 0 aromatic carbocycles. The molecule has 5 nitrogen and oxygen atoms in total. The molecule has 0 unspecified atom stereocenters. The van der Waals surface area contributed by atoms with Crippen LogP contribution in [0.1, 0.15) is 37.1 Å². The second kappa shape index (κ2) is 6.39. The molecule has 0 atom stereocenters. The highest BCUT2D eigenvalue weighted by Crippen LogP contribution is 2.32. The number of amidine groups is 1. The Morgan fingerprint density at radius 2 is 2.19 bits per heavy atom. The van der Waals surface area contributed by atoms with Crippen LogP contribution in [0.4, 0.5) is 0 Å². The van der Waals surface area contributed by atoms with Gasteiger partial charge < -0.3 is 10.1 Å². The first-order valence-corrected chi connectivity index (χ1v) is 8.20. The average Bonchev–Trinajstić information content (AvgIpc) is 3.09. The minimum atomic E-state index is -0.273. The van der Waals surface area contributed by atoms with Crippen LogP contribution in [0.3, 0.4) is 0 Å². The first-order chi connectivity index (χ1) is 10.3. The van der Waals surface area contributed by atoms with Gasteiger partial charge in [-0.15, -0.1) is 11.3 Å². The molecular formula is C15H19N3O2S. The molecule has 2 aliphatic rings. The van der Waals surface area contributed by atoms with E-state index in [0.717, 1.165) is 29.4 Å². The molecule has 1 aliphatic heterocycles. The molecule has 1 aromatic heterocycles. The van der Waals surface area contributed by atoms with Gasteiger partial charge in [0.15, 0.2) is 10.8 Å². The van der Waals surface area contributed by atoms with Gasteiger partial charge in [0.05, 0.1) is 19.2 Å². The van der Waals surface area contributed by atoms with Crippen LogP contribution in [-0.4, -0.2) is 30.4 Å². The fourth-order valence-corrected chi connectivity index (χ4v) is 3.58. The van der Waals surface area contributed by atoms with Gasteiger partial charge >= 0.3 is 5.97 Å². The zero-order chi connectivity index (χ0) is 14.7. The molecule has 1 N–H and O–H groups in total. The van der Waals surface area contributed by atoms with Gasteiger partial charge in [-0.25, -0.2) is 9.78 Å². The van der Waals surface area contributed by atoms with Gasteiger partial charge in [0.2, 0.25) is 0 Å². The van der Waals surface area contributed by atoms with E-state index >= 15 is 0 Å². The predicted octanol–water partition coefficient (Wildman–Crippen LogP) is 2.50. The number of hydrogen-bond donors (Lipinski definition) is 1. The van der Waals surface area contributed by atoms with E-state index < -0.39 is 0 Å². The van der Waals surface area contributed by atoms with Gasteiger partial charge in [0, 0.05) is 17.3 Å². The Labute approximate surface area is 128 Å². The summed E-state index contributed by atoms with van der Waals surface area (Å²) in [5, 5.41) is 6.17. The Bertz CT molecular complexity index is 572. The van der Waals surface area contributed by atoms with E-state index in [4.69, 9.17) is 4.74 Å². The summed E-state index contributed by atoms with van der Waals surface area (Å²) in [6.07, 6.45) is 7.72. The molecule has 2 heterocycles. The highest BCUT2D eigenvalue weighted by atomic mass is 32.1. The summed E-state index contributed by atoms with van der Waals surface area (Å²) in [6, 6.07) is 0. The molecule has 0 spiro atoms. The monoisotopic (exact) mass is 305 g/mol. The number of hydrogen-bond acceptors (Lipinski definition) is 6. The predicted molar refractivity (Wildman–Crippen MR) is 82.3 cm³/mol. The Kier molecular flexibility index (Phi) is 4.34. The molecule has 1 saturated carbocycles. The van der Waals surface area contributed by atoms with E-state index in [1.165, 1.54) is 26.4 Å². The number of methoxy groups -OCH3 is 1. The van der Waals surface area contributed by atoms with Gasteiger partial charge in [-0.3, -0.25) is 4.99 Å². The first-order valence-electron chi connectivity index (χ1n) is 7.32. The molecule has 3 rings (SSSR count). The Morgan fingerprint density at radius 3 is 2.86 bits per heavy atom. The smallest absolute Gasteiger partial charge is 0.337 e. The second-order valence-corrected chi connectivity index (χ2v) is 6.24. The maximum atomic E-state index is 12.0. The van der Waals surface area contributed by atoms with Crippen molar-refractivity contribution in [3.05, 3.63) is 27.9 Å². The Morgan fingerprint density at radius 1 is 1.38 bits per heavy atom. The SMILES string of the molecule is COC(=O)C1=C(C2CCCCC2)NC(c2nccs2)=NC1. The third-order valence-electron chi connectivity index (χ3n) is 4.05. The average molecular weight is 305 g/mol. The van der Waals surface area contributed by atoms with Crippen LogP contribution in [0.15, 0.2) is 27.8 Å². The van der Waals surface area contributed by atoms with Crippen molar-refractivity contribution in [1.29, 1.82) is 0 Å². The topological polar surface area (TPSA) is 63.6 Å². The number of rotatable bonds is 3. The van der Waals surface area contributed by atoms with Crippen LogP contribution < -0.4 is 5.32 Å². The highest BCUT2D eigenvalue weighted by Gasteiger charge is 2.29. The van der Waals surface area contributed by atoms with Crippen molar-refractivity contribution in [2.75, 3.05) is 13.7 Å². The summed E-state index contributed by atoms with van der Waals surface area (Å²) in [5.41, 5.74) is 1.67. The fourth-order valence-electron chi connectivity index (χ4n) is 2.98. The summed E-state index contributed by atoms with van der Waals surface area (Å²) in [7, 11) is 1.42. The van der Waals surface area contributed by atoms with Crippen molar-refractivity contribution >= 4 is 23.1 Å². The second-order valence-electron chi connectivity index (χ2n) is 5.35. The molecular weight excluding hydrogens is 286 g/mol. The van der Waals surface area contributed by atoms with Crippen molar-refractivity contribution < 1.29 is 9.53 Å². The van der Waals surface area contributed by atoms with E-state index in [1.54, 1.807) is 17.5 Å². The number of thiazole rings is 1. The minimum Gasteiger partial charge on any atom is -0.466 e. The van der Waals surface area contributed by atoms with Gasteiger partial charge in [-0.1, -0.05) is 19.3 Å². The quantitative estimate of drug-likeness (QED) is 0.872. The maximum Gasteiger partial charge on any atom is 0.337 e. The normalized spacial score (nSPS) is 20.0. The van der Waals surface area contributed by atoms with E-state index in [9.17, 15) is 4.79 Å². The number of nitrogens with one attached hydrogen (secondary N) is 1. The molecule has 21 heavy (non-hydrogen) atoms.